The van der Waals surface area contributed by atoms with Crippen molar-refractivity contribution in [2.24, 2.45) is 17.6 Å². The molecule has 5 nitrogen and oxygen atoms in total. The van der Waals surface area contributed by atoms with Crippen molar-refractivity contribution in [3.8, 4) is 0 Å². The van der Waals surface area contributed by atoms with Crippen molar-refractivity contribution in [2.45, 2.75) is 76.3 Å². The summed E-state index contributed by atoms with van der Waals surface area (Å²) in [5.41, 5.74) is 7.60. The zero-order valence-electron chi connectivity index (χ0n) is 18.7. The lowest BCUT2D eigenvalue weighted by Crippen LogP contribution is -2.39. The van der Waals surface area contributed by atoms with E-state index >= 15 is 0 Å². The van der Waals surface area contributed by atoms with Crippen molar-refractivity contribution >= 4 is 28.8 Å². The number of carbonyl (C=O) groups is 2. The molecule has 1 heterocycles. The normalized spacial score (nSPS) is 25.8. The second kappa shape index (κ2) is 11.1. The summed E-state index contributed by atoms with van der Waals surface area (Å²) >= 11 is 1.41. The van der Waals surface area contributed by atoms with E-state index in [-0.39, 0.29) is 24.3 Å². The van der Waals surface area contributed by atoms with Crippen LogP contribution < -0.4 is 16.4 Å². The van der Waals surface area contributed by atoms with Gasteiger partial charge in [0.05, 0.1) is 11.3 Å². The summed E-state index contributed by atoms with van der Waals surface area (Å²) in [5, 5.41) is 8.07. The van der Waals surface area contributed by atoms with Crippen LogP contribution in [0.5, 0.6) is 0 Å². The minimum absolute atomic E-state index is 0.0348. The number of nitrogens with two attached hydrogens (primary N) is 1. The molecule has 2 amide bonds. The highest BCUT2D eigenvalue weighted by Gasteiger charge is 2.27. The topological polar surface area (TPSA) is 84.2 Å². The van der Waals surface area contributed by atoms with Crippen LogP contribution in [-0.4, -0.2) is 23.9 Å². The van der Waals surface area contributed by atoms with Crippen molar-refractivity contribution in [2.75, 3.05) is 5.32 Å². The molecule has 4 rings (SSSR count). The SMILES string of the molecule is NC1CCC(CC2CCC(NC(=O)Cc3ccccc3NC(=O)c3cccs3)CC2)CC1. The van der Waals surface area contributed by atoms with Gasteiger partial charge in [0.2, 0.25) is 5.91 Å². The van der Waals surface area contributed by atoms with E-state index in [0.717, 1.165) is 30.2 Å². The van der Waals surface area contributed by atoms with E-state index < -0.39 is 0 Å². The lowest BCUT2D eigenvalue weighted by atomic mass is 9.76. The van der Waals surface area contributed by atoms with Gasteiger partial charge in [-0.3, -0.25) is 9.59 Å². The number of carbonyl (C=O) groups excluding carboxylic acids is 2. The second-order valence-electron chi connectivity index (χ2n) is 9.57. The van der Waals surface area contributed by atoms with Crippen LogP contribution in [0.15, 0.2) is 41.8 Å². The Bertz CT molecular complexity index is 882. The molecule has 0 saturated heterocycles. The summed E-state index contributed by atoms with van der Waals surface area (Å²) in [6.07, 6.45) is 11.1. The smallest absolute Gasteiger partial charge is 0.265 e. The number of anilines is 1. The first-order valence-corrected chi connectivity index (χ1v) is 12.9. The first-order valence-electron chi connectivity index (χ1n) is 12.0. The van der Waals surface area contributed by atoms with E-state index in [0.29, 0.717) is 16.6 Å². The summed E-state index contributed by atoms with van der Waals surface area (Å²) in [7, 11) is 0. The van der Waals surface area contributed by atoms with Crippen LogP contribution in [0.3, 0.4) is 0 Å². The summed E-state index contributed by atoms with van der Waals surface area (Å²) in [6.45, 7) is 0. The number of benzene rings is 1. The van der Waals surface area contributed by atoms with Gasteiger partial charge >= 0.3 is 0 Å². The quantitative estimate of drug-likeness (QED) is 0.544. The molecule has 4 N–H and O–H groups in total. The highest BCUT2D eigenvalue weighted by Crippen LogP contribution is 2.35. The van der Waals surface area contributed by atoms with Crippen molar-refractivity contribution in [3.05, 3.63) is 52.2 Å². The third-order valence-corrected chi connectivity index (χ3v) is 8.00. The molecule has 0 bridgehead atoms. The first kappa shape index (κ1) is 23.0. The van der Waals surface area contributed by atoms with Gasteiger partial charge in [-0.2, -0.15) is 0 Å². The molecule has 6 heteroatoms. The van der Waals surface area contributed by atoms with Crippen molar-refractivity contribution in [3.63, 3.8) is 0 Å². The Hall–Kier alpha value is -2.18. The lowest BCUT2D eigenvalue weighted by molar-refractivity contribution is -0.121. The van der Waals surface area contributed by atoms with Crippen molar-refractivity contribution < 1.29 is 9.59 Å². The van der Waals surface area contributed by atoms with E-state index in [2.05, 4.69) is 10.6 Å². The fourth-order valence-corrected chi connectivity index (χ4v) is 5.90. The largest absolute Gasteiger partial charge is 0.353 e. The Morgan fingerprint density at radius 2 is 1.59 bits per heavy atom. The summed E-state index contributed by atoms with van der Waals surface area (Å²) in [4.78, 5) is 25.8. The Morgan fingerprint density at radius 1 is 0.906 bits per heavy atom. The molecular formula is C26H35N3O2S. The van der Waals surface area contributed by atoms with E-state index in [1.165, 1.54) is 56.3 Å². The van der Waals surface area contributed by atoms with Gasteiger partial charge in [0.15, 0.2) is 0 Å². The molecule has 2 aromatic rings. The summed E-state index contributed by atoms with van der Waals surface area (Å²) in [5.74, 6) is 1.56. The molecule has 0 radical (unpaired) electrons. The molecule has 0 spiro atoms. The zero-order valence-corrected chi connectivity index (χ0v) is 19.5. The van der Waals surface area contributed by atoms with E-state index in [9.17, 15) is 9.59 Å². The standard InChI is InChI=1S/C26H35N3O2S/c27-21-11-7-18(8-12-21)16-19-9-13-22(14-10-19)28-25(30)17-20-4-1-2-5-23(20)29-26(31)24-6-3-15-32-24/h1-6,15,18-19,21-22H,7-14,16-17,27H2,(H,28,30)(H,29,31). The number of para-hydroxylation sites is 1. The van der Waals surface area contributed by atoms with Crippen LogP contribution in [-0.2, 0) is 11.2 Å². The number of amides is 2. The Labute approximate surface area is 195 Å². The van der Waals surface area contributed by atoms with Gasteiger partial charge < -0.3 is 16.4 Å². The van der Waals surface area contributed by atoms with E-state index in [4.69, 9.17) is 5.73 Å². The maximum Gasteiger partial charge on any atom is 0.265 e. The number of thiophene rings is 1. The molecule has 2 saturated carbocycles. The van der Waals surface area contributed by atoms with Crippen LogP contribution in [0.1, 0.15) is 73.0 Å². The second-order valence-corrected chi connectivity index (χ2v) is 10.5. The number of nitrogens with one attached hydrogen (secondary N) is 2. The maximum atomic E-state index is 12.7. The zero-order chi connectivity index (χ0) is 22.3. The third kappa shape index (κ3) is 6.42. The maximum absolute atomic E-state index is 12.7. The number of rotatable bonds is 7. The predicted octanol–water partition coefficient (Wildman–Crippen LogP) is 5.13. The monoisotopic (exact) mass is 453 g/mol. The predicted molar refractivity (Wildman–Crippen MR) is 131 cm³/mol. The molecule has 2 aliphatic carbocycles. The fourth-order valence-electron chi connectivity index (χ4n) is 5.28. The number of hydrogen-bond acceptors (Lipinski definition) is 4. The van der Waals surface area contributed by atoms with Crippen LogP contribution >= 0.6 is 11.3 Å². The molecule has 0 unspecified atom stereocenters. The van der Waals surface area contributed by atoms with Gasteiger partial charge in [0.25, 0.3) is 5.91 Å². The highest BCUT2D eigenvalue weighted by molar-refractivity contribution is 7.12. The van der Waals surface area contributed by atoms with Crippen LogP contribution in [0.4, 0.5) is 5.69 Å². The van der Waals surface area contributed by atoms with Crippen LogP contribution in [0, 0.1) is 11.8 Å². The molecule has 172 valence electrons. The average molecular weight is 454 g/mol. The average Bonchev–Trinajstić information content (AvgIpc) is 3.33. The molecular weight excluding hydrogens is 418 g/mol. The third-order valence-electron chi connectivity index (χ3n) is 7.13. The Kier molecular flexibility index (Phi) is 7.98. The minimum Gasteiger partial charge on any atom is -0.353 e. The molecule has 0 aliphatic heterocycles. The molecule has 1 aromatic heterocycles. The molecule has 1 aromatic carbocycles. The van der Waals surface area contributed by atoms with Gasteiger partial charge in [-0.25, -0.2) is 0 Å². The van der Waals surface area contributed by atoms with Gasteiger partial charge in [-0.15, -0.1) is 11.3 Å². The van der Waals surface area contributed by atoms with Gasteiger partial charge in [-0.1, -0.05) is 24.3 Å². The Balaban J connectivity index is 1.23. The first-order chi connectivity index (χ1) is 15.6. The van der Waals surface area contributed by atoms with Gasteiger partial charge in [0.1, 0.15) is 0 Å². The molecule has 0 atom stereocenters. The fraction of sp³-hybridized carbons (Fsp3) is 0.538. The molecule has 32 heavy (non-hydrogen) atoms. The van der Waals surface area contributed by atoms with Gasteiger partial charge in [-0.05, 0) is 92.7 Å². The summed E-state index contributed by atoms with van der Waals surface area (Å²) in [6, 6.07) is 11.9. The summed E-state index contributed by atoms with van der Waals surface area (Å²) < 4.78 is 0. The van der Waals surface area contributed by atoms with Crippen molar-refractivity contribution in [1.82, 2.24) is 5.32 Å². The molecule has 2 aliphatic rings. The van der Waals surface area contributed by atoms with Crippen LogP contribution in [0.25, 0.3) is 0 Å². The lowest BCUT2D eigenvalue weighted by Gasteiger charge is -2.33. The van der Waals surface area contributed by atoms with E-state index in [1.54, 1.807) is 6.07 Å². The number of hydrogen-bond donors (Lipinski definition) is 3. The molecule has 2 fully saturated rings. The minimum atomic E-state index is -0.133. The Morgan fingerprint density at radius 3 is 2.28 bits per heavy atom. The highest BCUT2D eigenvalue weighted by atomic mass is 32.1. The van der Waals surface area contributed by atoms with Crippen LogP contribution in [0.2, 0.25) is 0 Å². The van der Waals surface area contributed by atoms with E-state index in [1.807, 2.05) is 35.7 Å². The van der Waals surface area contributed by atoms with Crippen molar-refractivity contribution in [1.29, 1.82) is 0 Å². The van der Waals surface area contributed by atoms with Gasteiger partial charge in [0, 0.05) is 17.8 Å².